The Morgan fingerprint density at radius 1 is 1.40 bits per heavy atom. The molecule has 1 unspecified atom stereocenters. The molecular formula is C13H16N2. The Labute approximate surface area is 90.9 Å². The molecule has 0 radical (unpaired) electrons. The zero-order valence-corrected chi connectivity index (χ0v) is 9.09. The Morgan fingerprint density at radius 3 is 2.87 bits per heavy atom. The summed E-state index contributed by atoms with van der Waals surface area (Å²) >= 11 is 0. The minimum atomic E-state index is 0.130. The van der Waals surface area contributed by atoms with Crippen molar-refractivity contribution in [2.45, 2.75) is 25.2 Å². The van der Waals surface area contributed by atoms with Gasteiger partial charge in [-0.15, -0.1) is 0 Å². The van der Waals surface area contributed by atoms with Crippen LogP contribution in [-0.2, 0) is 5.41 Å². The molecule has 0 amide bonds. The molecule has 0 bridgehead atoms. The van der Waals surface area contributed by atoms with Crippen molar-refractivity contribution in [3.63, 3.8) is 0 Å². The first-order valence-electron chi connectivity index (χ1n) is 5.47. The van der Waals surface area contributed by atoms with Gasteiger partial charge in [-0.05, 0) is 31.0 Å². The monoisotopic (exact) mass is 200 g/mol. The first-order chi connectivity index (χ1) is 7.26. The van der Waals surface area contributed by atoms with Gasteiger partial charge in [0.2, 0.25) is 0 Å². The number of nitrogens with one attached hydrogen (secondary N) is 1. The van der Waals surface area contributed by atoms with Gasteiger partial charge in [0.1, 0.15) is 0 Å². The summed E-state index contributed by atoms with van der Waals surface area (Å²) in [5.41, 5.74) is 2.15. The van der Waals surface area contributed by atoms with Crippen LogP contribution in [0.5, 0.6) is 0 Å². The van der Waals surface area contributed by atoms with Crippen molar-refractivity contribution in [2.75, 3.05) is 13.1 Å². The van der Waals surface area contributed by atoms with E-state index in [4.69, 9.17) is 5.26 Å². The lowest BCUT2D eigenvalue weighted by molar-refractivity contribution is 0.339. The average Bonchev–Trinajstić information content (AvgIpc) is 2.30. The van der Waals surface area contributed by atoms with Crippen LogP contribution in [-0.4, -0.2) is 13.1 Å². The van der Waals surface area contributed by atoms with Crippen molar-refractivity contribution in [1.29, 1.82) is 5.26 Å². The van der Waals surface area contributed by atoms with Gasteiger partial charge in [-0.2, -0.15) is 5.26 Å². The number of hydrogen-bond acceptors (Lipinski definition) is 2. The van der Waals surface area contributed by atoms with Crippen LogP contribution in [0.2, 0.25) is 0 Å². The van der Waals surface area contributed by atoms with Gasteiger partial charge in [-0.3, -0.25) is 0 Å². The highest BCUT2D eigenvalue weighted by molar-refractivity contribution is 5.42. The minimum absolute atomic E-state index is 0.130. The van der Waals surface area contributed by atoms with E-state index in [9.17, 15) is 0 Å². The van der Waals surface area contributed by atoms with Crippen LogP contribution < -0.4 is 5.32 Å². The fraction of sp³-hybridized carbons (Fsp3) is 0.462. The lowest BCUT2D eigenvalue weighted by Crippen LogP contribution is -2.41. The summed E-state index contributed by atoms with van der Waals surface area (Å²) in [6.45, 7) is 4.32. The van der Waals surface area contributed by atoms with E-state index in [2.05, 4.69) is 24.4 Å². The second-order valence-corrected chi connectivity index (χ2v) is 4.50. The summed E-state index contributed by atoms with van der Waals surface area (Å²) in [5.74, 6) is 0. The number of rotatable bonds is 1. The molecule has 1 aromatic rings. The molecule has 0 aromatic heterocycles. The maximum absolute atomic E-state index is 9.09. The van der Waals surface area contributed by atoms with Gasteiger partial charge < -0.3 is 5.32 Å². The highest BCUT2D eigenvalue weighted by Crippen LogP contribution is 2.32. The Hall–Kier alpha value is -1.33. The highest BCUT2D eigenvalue weighted by Gasteiger charge is 2.30. The summed E-state index contributed by atoms with van der Waals surface area (Å²) in [5, 5.41) is 12.5. The molecule has 0 saturated carbocycles. The summed E-state index contributed by atoms with van der Waals surface area (Å²) in [4.78, 5) is 0. The lowest BCUT2D eigenvalue weighted by atomic mass is 9.75. The molecule has 1 aliphatic heterocycles. The molecule has 1 atom stereocenters. The van der Waals surface area contributed by atoms with Gasteiger partial charge in [0.25, 0.3) is 0 Å². The molecule has 1 aromatic carbocycles. The predicted molar refractivity (Wildman–Crippen MR) is 60.6 cm³/mol. The van der Waals surface area contributed by atoms with Gasteiger partial charge in [-0.25, -0.2) is 0 Å². The van der Waals surface area contributed by atoms with Crippen molar-refractivity contribution < 1.29 is 0 Å². The Morgan fingerprint density at radius 2 is 2.20 bits per heavy atom. The maximum atomic E-state index is 9.09. The van der Waals surface area contributed by atoms with Crippen molar-refractivity contribution in [3.8, 4) is 6.07 Å². The molecule has 0 spiro atoms. The molecule has 2 rings (SSSR count). The topological polar surface area (TPSA) is 35.8 Å². The number of hydrogen-bond donors (Lipinski definition) is 1. The number of nitriles is 1. The van der Waals surface area contributed by atoms with E-state index in [-0.39, 0.29) is 5.41 Å². The van der Waals surface area contributed by atoms with E-state index in [1.54, 1.807) is 0 Å². The van der Waals surface area contributed by atoms with Gasteiger partial charge in [0, 0.05) is 12.0 Å². The largest absolute Gasteiger partial charge is 0.316 e. The third-order valence-electron chi connectivity index (χ3n) is 3.30. The molecule has 2 heteroatoms. The van der Waals surface area contributed by atoms with Crippen LogP contribution in [0.25, 0.3) is 0 Å². The molecule has 0 aliphatic carbocycles. The molecule has 15 heavy (non-hydrogen) atoms. The zero-order valence-electron chi connectivity index (χ0n) is 9.09. The molecule has 1 aliphatic rings. The SMILES string of the molecule is CC1(c2ccccc2C#N)CCCNC1. The van der Waals surface area contributed by atoms with E-state index in [0.29, 0.717) is 0 Å². The Kier molecular flexibility index (Phi) is 2.75. The van der Waals surface area contributed by atoms with E-state index in [0.717, 1.165) is 18.7 Å². The molecule has 78 valence electrons. The molecule has 1 heterocycles. The third kappa shape index (κ3) is 1.88. The van der Waals surface area contributed by atoms with Crippen molar-refractivity contribution in [2.24, 2.45) is 0 Å². The fourth-order valence-electron chi connectivity index (χ4n) is 2.39. The Bertz CT molecular complexity index is 384. The van der Waals surface area contributed by atoms with Crippen LogP contribution in [0.3, 0.4) is 0 Å². The minimum Gasteiger partial charge on any atom is -0.316 e. The fourth-order valence-corrected chi connectivity index (χ4v) is 2.39. The van der Waals surface area contributed by atoms with Crippen molar-refractivity contribution >= 4 is 0 Å². The van der Waals surface area contributed by atoms with Gasteiger partial charge in [-0.1, -0.05) is 25.1 Å². The molecule has 1 N–H and O–H groups in total. The lowest BCUT2D eigenvalue weighted by Gasteiger charge is -2.35. The molecular weight excluding hydrogens is 184 g/mol. The number of benzene rings is 1. The van der Waals surface area contributed by atoms with Crippen LogP contribution in [0, 0.1) is 11.3 Å². The number of piperidine rings is 1. The standard InChI is InChI=1S/C13H16N2/c1-13(7-4-8-15-10-13)12-6-3-2-5-11(12)9-14/h2-3,5-6,15H,4,7-8,10H2,1H3. The van der Waals surface area contributed by atoms with Crippen LogP contribution in [0.15, 0.2) is 24.3 Å². The average molecular weight is 200 g/mol. The number of nitrogens with zero attached hydrogens (tertiary/aromatic N) is 1. The van der Waals surface area contributed by atoms with E-state index in [1.807, 2.05) is 18.2 Å². The smallest absolute Gasteiger partial charge is 0.0994 e. The quantitative estimate of drug-likeness (QED) is 0.754. The molecule has 1 fully saturated rings. The first-order valence-corrected chi connectivity index (χ1v) is 5.47. The zero-order chi connectivity index (χ0) is 10.7. The molecule has 1 saturated heterocycles. The van der Waals surface area contributed by atoms with Crippen LogP contribution >= 0.6 is 0 Å². The van der Waals surface area contributed by atoms with Crippen molar-refractivity contribution in [1.82, 2.24) is 5.32 Å². The van der Waals surface area contributed by atoms with Gasteiger partial charge in [0.05, 0.1) is 11.6 Å². The normalized spacial score (nSPS) is 25.9. The van der Waals surface area contributed by atoms with Crippen LogP contribution in [0.4, 0.5) is 0 Å². The first kappa shape index (κ1) is 10.2. The summed E-state index contributed by atoms with van der Waals surface area (Å²) in [7, 11) is 0. The summed E-state index contributed by atoms with van der Waals surface area (Å²) in [6.07, 6.45) is 2.36. The second-order valence-electron chi connectivity index (χ2n) is 4.50. The van der Waals surface area contributed by atoms with E-state index < -0.39 is 0 Å². The van der Waals surface area contributed by atoms with Gasteiger partial charge >= 0.3 is 0 Å². The van der Waals surface area contributed by atoms with E-state index in [1.165, 1.54) is 18.4 Å². The third-order valence-corrected chi connectivity index (χ3v) is 3.30. The van der Waals surface area contributed by atoms with Crippen LogP contribution in [0.1, 0.15) is 30.9 Å². The summed E-state index contributed by atoms with van der Waals surface area (Å²) in [6, 6.07) is 10.2. The predicted octanol–water partition coefficient (Wildman–Crippen LogP) is 2.20. The van der Waals surface area contributed by atoms with E-state index >= 15 is 0 Å². The van der Waals surface area contributed by atoms with Crippen molar-refractivity contribution in [3.05, 3.63) is 35.4 Å². The second kappa shape index (κ2) is 4.04. The summed E-state index contributed by atoms with van der Waals surface area (Å²) < 4.78 is 0. The Balaban J connectivity index is 2.39. The molecule has 2 nitrogen and oxygen atoms in total. The van der Waals surface area contributed by atoms with Gasteiger partial charge in [0.15, 0.2) is 0 Å². The highest BCUT2D eigenvalue weighted by atomic mass is 14.9. The maximum Gasteiger partial charge on any atom is 0.0994 e.